The summed E-state index contributed by atoms with van der Waals surface area (Å²) in [6, 6.07) is 47.3. The maximum atomic E-state index is 12.6. The fourth-order valence-electron chi connectivity index (χ4n) is 7.47. The van der Waals surface area contributed by atoms with Crippen molar-refractivity contribution in [3.05, 3.63) is 203 Å². The molecule has 3 N–H and O–H groups in total. The Hall–Kier alpha value is -10.2. The summed E-state index contributed by atoms with van der Waals surface area (Å²) in [4.78, 5) is 72.0. The number of carbonyl (C=O) groups excluding carboxylic acids is 6. The van der Waals surface area contributed by atoms with Crippen LogP contribution in [0.5, 0.6) is 46.0 Å². The van der Waals surface area contributed by atoms with Gasteiger partial charge in [-0.05, 0) is 143 Å². The lowest BCUT2D eigenvalue weighted by Crippen LogP contribution is -2.32. The Morgan fingerprint density at radius 1 is 0.430 bits per heavy atom. The molecule has 0 unspecified atom stereocenters. The third-order valence-electron chi connectivity index (χ3n) is 11.6. The number of aryl methyl sites for hydroxylation is 2. The summed E-state index contributed by atoms with van der Waals surface area (Å²) >= 11 is 0. The first-order chi connectivity index (χ1) is 38.2. The largest absolute Gasteiger partial charge is 0.497 e. The van der Waals surface area contributed by atoms with Gasteiger partial charge in [0.05, 0.1) is 59.4 Å². The van der Waals surface area contributed by atoms with Crippen molar-refractivity contribution >= 4 is 59.1 Å². The Morgan fingerprint density at radius 2 is 0.797 bits per heavy atom. The number of ether oxygens (including phenoxy) is 9. The lowest BCUT2D eigenvalue weighted by atomic mass is 10.0. The van der Waals surface area contributed by atoms with Crippen molar-refractivity contribution in [2.45, 2.75) is 25.7 Å². The van der Waals surface area contributed by atoms with Gasteiger partial charge in [0.15, 0.2) is 0 Å². The van der Waals surface area contributed by atoms with Crippen molar-refractivity contribution in [2.24, 2.45) is 5.73 Å². The molecular formula is C62H58N2O15. The summed E-state index contributed by atoms with van der Waals surface area (Å²) in [6.45, 7) is 0. The highest BCUT2D eigenvalue weighted by atomic mass is 16.6. The van der Waals surface area contributed by atoms with Crippen LogP contribution in [0, 0.1) is 0 Å². The first-order valence-electron chi connectivity index (χ1n) is 24.4. The van der Waals surface area contributed by atoms with Crippen LogP contribution in [0.1, 0.15) is 56.6 Å². The molecular weight excluding hydrogens is 1010 g/mol. The van der Waals surface area contributed by atoms with E-state index < -0.39 is 29.9 Å². The average Bonchev–Trinajstić information content (AvgIpc) is 3.48. The molecule has 0 saturated carbocycles. The number of primary amides is 1. The van der Waals surface area contributed by atoms with Crippen molar-refractivity contribution < 1.29 is 71.4 Å². The summed E-state index contributed by atoms with van der Waals surface area (Å²) in [6.07, 6.45) is 3.54. The number of alkyl carbamates (subject to hydrolysis) is 1. The minimum atomic E-state index is -1.13. The van der Waals surface area contributed by atoms with E-state index in [-0.39, 0.29) is 17.9 Å². The van der Waals surface area contributed by atoms with E-state index in [0.29, 0.717) is 93.1 Å². The van der Waals surface area contributed by atoms with Crippen molar-refractivity contribution in [3.63, 3.8) is 0 Å². The minimum Gasteiger partial charge on any atom is -0.497 e. The van der Waals surface area contributed by atoms with Crippen LogP contribution in [0.15, 0.2) is 164 Å². The van der Waals surface area contributed by atoms with Gasteiger partial charge in [-0.2, -0.15) is 0 Å². The lowest BCUT2D eigenvalue weighted by Gasteiger charge is -2.11. The zero-order valence-electron chi connectivity index (χ0n) is 44.3. The maximum absolute atomic E-state index is 12.6. The van der Waals surface area contributed by atoms with Crippen LogP contribution in [-0.2, 0) is 46.2 Å². The van der Waals surface area contributed by atoms with Crippen LogP contribution in [-0.4, -0.2) is 78.5 Å². The second-order valence-corrected chi connectivity index (χ2v) is 17.0. The molecule has 0 atom stereocenters. The third kappa shape index (κ3) is 18.0. The summed E-state index contributed by atoms with van der Waals surface area (Å²) in [5.74, 6) is 2.03. The molecule has 0 aliphatic carbocycles. The summed E-state index contributed by atoms with van der Waals surface area (Å²) in [5.41, 5.74) is 10.7. The van der Waals surface area contributed by atoms with Crippen LogP contribution in [0.25, 0.3) is 23.3 Å². The van der Waals surface area contributed by atoms with Gasteiger partial charge >= 0.3 is 24.0 Å². The highest BCUT2D eigenvalue weighted by molar-refractivity contribution is 6.22. The van der Waals surface area contributed by atoms with E-state index in [1.807, 2.05) is 24.3 Å². The fourth-order valence-corrected chi connectivity index (χ4v) is 7.47. The number of benzene rings is 7. The monoisotopic (exact) mass is 1070 g/mol. The van der Waals surface area contributed by atoms with Crippen LogP contribution in [0.2, 0.25) is 0 Å². The molecule has 7 aromatic carbocycles. The second-order valence-electron chi connectivity index (χ2n) is 17.0. The van der Waals surface area contributed by atoms with Crippen LogP contribution >= 0.6 is 0 Å². The van der Waals surface area contributed by atoms with Crippen molar-refractivity contribution in [3.8, 4) is 46.0 Å². The predicted octanol–water partition coefficient (Wildman–Crippen LogP) is 10.9. The number of carbonyl (C=O) groups is 6. The molecule has 0 aliphatic heterocycles. The number of amides is 3. The third-order valence-corrected chi connectivity index (χ3v) is 11.6. The Morgan fingerprint density at radius 3 is 1.15 bits per heavy atom. The Bertz CT molecular complexity index is 3240. The van der Waals surface area contributed by atoms with Gasteiger partial charge in [-0.1, -0.05) is 66.7 Å². The number of hydrogen-bond donors (Lipinski definition) is 2. The number of methoxy groups -OCH3 is 6. The molecule has 0 spiro atoms. The Kier molecular flexibility index (Phi) is 21.5. The SMILES string of the molecule is COC(=O)/C(=C/c1cc(OC)cc(OC)c1)c1ccc(Oc2ccc(CCC(=O)NC(=O)OC(=O)c3ccccc3)cc2)cc1.COC(=O)/C(=C/c1cc(OC)cc(OC)c1)c1ccc(Oc2ccc(CCC(N)=O)cc2)cc1. The van der Waals surface area contributed by atoms with E-state index in [2.05, 4.69) is 10.1 Å². The van der Waals surface area contributed by atoms with E-state index in [4.69, 9.17) is 43.6 Å². The number of hydrogen-bond acceptors (Lipinski definition) is 15. The Labute approximate surface area is 457 Å². The number of esters is 3. The van der Waals surface area contributed by atoms with Gasteiger partial charge in [0.25, 0.3) is 0 Å². The molecule has 0 aromatic heterocycles. The normalized spacial score (nSPS) is 10.9. The lowest BCUT2D eigenvalue weighted by molar-refractivity contribution is -0.134. The first-order valence-corrected chi connectivity index (χ1v) is 24.4. The molecule has 0 radical (unpaired) electrons. The fraction of sp³-hybridized carbons (Fsp3) is 0.161. The molecule has 0 aliphatic rings. The van der Waals surface area contributed by atoms with E-state index >= 15 is 0 Å². The number of imide groups is 1. The minimum absolute atomic E-state index is 0.00881. The zero-order chi connectivity index (χ0) is 56.7. The summed E-state index contributed by atoms with van der Waals surface area (Å²) < 4.78 is 47.8. The van der Waals surface area contributed by atoms with Crippen LogP contribution < -0.4 is 39.5 Å². The molecule has 17 nitrogen and oxygen atoms in total. The summed E-state index contributed by atoms with van der Waals surface area (Å²) in [7, 11) is 8.89. The van der Waals surface area contributed by atoms with Crippen molar-refractivity contribution in [1.82, 2.24) is 5.32 Å². The summed E-state index contributed by atoms with van der Waals surface area (Å²) in [5, 5.41) is 2.05. The quantitative estimate of drug-likeness (QED) is 0.0224. The molecule has 0 fully saturated rings. The van der Waals surface area contributed by atoms with Crippen LogP contribution in [0.3, 0.4) is 0 Å². The van der Waals surface area contributed by atoms with Crippen LogP contribution in [0.4, 0.5) is 4.79 Å². The molecule has 79 heavy (non-hydrogen) atoms. The Balaban J connectivity index is 0.000000265. The van der Waals surface area contributed by atoms with Gasteiger partial charge < -0.3 is 48.4 Å². The van der Waals surface area contributed by atoms with Gasteiger partial charge in [0, 0.05) is 25.0 Å². The molecule has 0 bridgehead atoms. The predicted molar refractivity (Wildman–Crippen MR) is 296 cm³/mol. The first kappa shape index (κ1) is 58.1. The topological polar surface area (TPSA) is 224 Å². The van der Waals surface area contributed by atoms with E-state index in [9.17, 15) is 28.8 Å². The van der Waals surface area contributed by atoms with E-state index in [1.165, 1.54) is 26.4 Å². The standard InChI is InChI=1S/C35H31NO9.C27H27NO6/c1-41-29-19-24(20-30(22-29)42-2)21-31(34(39)43-3)25-12-16-28(17-13-25)44-27-14-9-23(10-15-27)11-18-32(37)36-35(40)45-33(38)26-7-5-4-6-8-26;1-31-23-14-19(15-24(17-23)32-2)16-25(27(30)33-3)20-7-11-22(12-8-20)34-21-9-4-18(5-10-21)6-13-26(28)29/h4-10,12-17,19-22H,11,18H2,1-3H3,(H,36,37,40);4-5,7-12,14-17H,6,13H2,1-3H3,(H2,28,29)/b31-21+;25-16+. The zero-order valence-corrected chi connectivity index (χ0v) is 44.3. The number of nitrogens with two attached hydrogens (primary N) is 1. The van der Waals surface area contributed by atoms with Gasteiger partial charge in [0.2, 0.25) is 11.8 Å². The molecule has 7 rings (SSSR count). The number of rotatable bonds is 21. The van der Waals surface area contributed by atoms with Crippen molar-refractivity contribution in [2.75, 3.05) is 42.7 Å². The number of nitrogens with one attached hydrogen (secondary N) is 1. The molecule has 7 aromatic rings. The average molecular weight is 1070 g/mol. The molecule has 17 heteroatoms. The second kappa shape index (κ2) is 29.2. The highest BCUT2D eigenvalue weighted by Gasteiger charge is 2.18. The van der Waals surface area contributed by atoms with E-state index in [0.717, 1.165) is 16.7 Å². The van der Waals surface area contributed by atoms with Gasteiger partial charge in [0.1, 0.15) is 46.0 Å². The smallest absolute Gasteiger partial charge is 0.421 e. The highest BCUT2D eigenvalue weighted by Crippen LogP contribution is 2.31. The van der Waals surface area contributed by atoms with Gasteiger partial charge in [-0.3, -0.25) is 14.9 Å². The molecule has 0 heterocycles. The van der Waals surface area contributed by atoms with Gasteiger partial charge in [-0.15, -0.1) is 0 Å². The molecule has 406 valence electrons. The maximum Gasteiger partial charge on any atom is 0.421 e. The molecule has 3 amide bonds. The van der Waals surface area contributed by atoms with Gasteiger partial charge in [-0.25, -0.2) is 19.2 Å². The molecule has 0 saturated heterocycles. The van der Waals surface area contributed by atoms with E-state index in [1.54, 1.807) is 168 Å². The van der Waals surface area contributed by atoms with Crippen molar-refractivity contribution in [1.29, 1.82) is 0 Å².